The van der Waals surface area contributed by atoms with Crippen molar-refractivity contribution < 1.29 is 4.74 Å². The summed E-state index contributed by atoms with van der Waals surface area (Å²) in [5.74, 6) is 0.680. The highest BCUT2D eigenvalue weighted by atomic mass is 16.5. The van der Waals surface area contributed by atoms with Crippen LogP contribution in [0.4, 0.5) is 0 Å². The third kappa shape index (κ3) is 3.06. The number of hydrogen-bond donors (Lipinski definition) is 1. The molecule has 1 N–H and O–H groups in total. The lowest BCUT2D eigenvalue weighted by Crippen LogP contribution is -2.35. The topological polar surface area (TPSA) is 39.1 Å². The fourth-order valence-electron chi connectivity index (χ4n) is 2.11. The van der Waals surface area contributed by atoms with Crippen molar-refractivity contribution >= 4 is 0 Å². The molecule has 90 valence electrons. The lowest BCUT2D eigenvalue weighted by atomic mass is 10.0. The van der Waals surface area contributed by atoms with Gasteiger partial charge in [0.05, 0.1) is 19.3 Å². The van der Waals surface area contributed by atoms with E-state index in [1.165, 1.54) is 12.0 Å². The van der Waals surface area contributed by atoms with Gasteiger partial charge in [-0.1, -0.05) is 0 Å². The van der Waals surface area contributed by atoms with Gasteiger partial charge in [0.15, 0.2) is 0 Å². The first-order chi connectivity index (χ1) is 7.75. The van der Waals surface area contributed by atoms with Crippen LogP contribution in [0.5, 0.6) is 0 Å². The Bertz CT molecular complexity index is 318. The van der Waals surface area contributed by atoms with Crippen LogP contribution in [-0.4, -0.2) is 35.6 Å². The quantitative estimate of drug-likeness (QED) is 0.815. The van der Waals surface area contributed by atoms with E-state index in [0.717, 1.165) is 26.3 Å². The Morgan fingerprint density at radius 1 is 1.69 bits per heavy atom. The number of rotatable bonds is 5. The van der Waals surface area contributed by atoms with Crippen molar-refractivity contribution in [3.05, 3.63) is 18.0 Å². The van der Waals surface area contributed by atoms with E-state index in [0.29, 0.717) is 12.0 Å². The lowest BCUT2D eigenvalue weighted by Gasteiger charge is -2.19. The molecule has 1 aliphatic heterocycles. The second kappa shape index (κ2) is 5.46. The molecule has 0 aromatic carbocycles. The van der Waals surface area contributed by atoms with E-state index in [1.54, 1.807) is 0 Å². The maximum atomic E-state index is 5.39. The molecule has 2 atom stereocenters. The molecule has 2 heterocycles. The molecule has 0 aliphatic carbocycles. The largest absolute Gasteiger partial charge is 0.381 e. The van der Waals surface area contributed by atoms with Crippen molar-refractivity contribution in [1.82, 2.24) is 15.1 Å². The van der Waals surface area contributed by atoms with Crippen LogP contribution in [-0.2, 0) is 11.3 Å². The monoisotopic (exact) mass is 223 g/mol. The Morgan fingerprint density at radius 2 is 2.56 bits per heavy atom. The Morgan fingerprint density at radius 3 is 3.19 bits per heavy atom. The van der Waals surface area contributed by atoms with Crippen LogP contribution >= 0.6 is 0 Å². The van der Waals surface area contributed by atoms with Crippen molar-refractivity contribution in [1.29, 1.82) is 0 Å². The molecule has 1 aromatic heterocycles. The molecular weight excluding hydrogens is 202 g/mol. The van der Waals surface area contributed by atoms with Crippen LogP contribution in [0.3, 0.4) is 0 Å². The molecule has 0 bridgehead atoms. The van der Waals surface area contributed by atoms with E-state index >= 15 is 0 Å². The molecule has 0 amide bonds. The Kier molecular flexibility index (Phi) is 3.96. The zero-order valence-electron chi connectivity index (χ0n) is 10.1. The smallest absolute Gasteiger partial charge is 0.0534 e. The molecule has 1 fully saturated rings. The fourth-order valence-corrected chi connectivity index (χ4v) is 2.11. The number of aromatic nitrogens is 2. The van der Waals surface area contributed by atoms with Crippen molar-refractivity contribution in [2.45, 2.75) is 32.9 Å². The second-order valence-electron chi connectivity index (χ2n) is 4.65. The predicted molar refractivity (Wildman–Crippen MR) is 63.4 cm³/mol. The summed E-state index contributed by atoms with van der Waals surface area (Å²) in [5, 5.41) is 7.80. The summed E-state index contributed by atoms with van der Waals surface area (Å²) in [5.41, 5.74) is 1.22. The van der Waals surface area contributed by atoms with Crippen LogP contribution in [0.1, 0.15) is 18.9 Å². The number of nitrogens with zero attached hydrogens (tertiary/aromatic N) is 2. The summed E-state index contributed by atoms with van der Waals surface area (Å²) in [4.78, 5) is 0. The van der Waals surface area contributed by atoms with Gasteiger partial charge in [0.1, 0.15) is 0 Å². The van der Waals surface area contributed by atoms with E-state index in [4.69, 9.17) is 4.74 Å². The van der Waals surface area contributed by atoms with Crippen molar-refractivity contribution in [3.8, 4) is 0 Å². The minimum atomic E-state index is 0.541. The Hall–Kier alpha value is -0.870. The highest BCUT2D eigenvalue weighted by Gasteiger charge is 2.21. The zero-order valence-corrected chi connectivity index (χ0v) is 10.1. The van der Waals surface area contributed by atoms with Crippen LogP contribution in [0.15, 0.2) is 12.4 Å². The summed E-state index contributed by atoms with van der Waals surface area (Å²) in [7, 11) is 0. The molecule has 4 heteroatoms. The first-order valence-electron chi connectivity index (χ1n) is 6.06. The summed E-state index contributed by atoms with van der Waals surface area (Å²) >= 11 is 0. The van der Waals surface area contributed by atoms with Gasteiger partial charge in [-0.05, 0) is 31.7 Å². The molecule has 0 radical (unpaired) electrons. The van der Waals surface area contributed by atoms with Crippen LogP contribution in [0.25, 0.3) is 0 Å². The summed E-state index contributed by atoms with van der Waals surface area (Å²) in [6.07, 6.45) is 5.16. The van der Waals surface area contributed by atoms with Crippen molar-refractivity contribution in [3.63, 3.8) is 0 Å². The number of aryl methyl sites for hydroxylation is 1. The maximum Gasteiger partial charge on any atom is 0.0534 e. The van der Waals surface area contributed by atoms with Gasteiger partial charge in [-0.15, -0.1) is 0 Å². The van der Waals surface area contributed by atoms with E-state index in [2.05, 4.69) is 30.5 Å². The molecule has 16 heavy (non-hydrogen) atoms. The zero-order chi connectivity index (χ0) is 11.4. The van der Waals surface area contributed by atoms with Gasteiger partial charge in [0, 0.05) is 25.4 Å². The molecule has 1 aromatic rings. The normalized spacial score (nSPS) is 22.5. The number of nitrogens with one attached hydrogen (secondary N) is 1. The molecule has 0 spiro atoms. The number of ether oxygens (including phenoxy) is 1. The number of hydrogen-bond acceptors (Lipinski definition) is 3. The molecular formula is C12H21N3O. The minimum Gasteiger partial charge on any atom is -0.381 e. The van der Waals surface area contributed by atoms with Crippen molar-refractivity contribution in [2.75, 3.05) is 19.8 Å². The van der Waals surface area contributed by atoms with Crippen LogP contribution < -0.4 is 5.32 Å². The minimum absolute atomic E-state index is 0.541. The van der Waals surface area contributed by atoms with Gasteiger partial charge in [-0.25, -0.2) is 0 Å². The maximum absolute atomic E-state index is 5.39. The highest BCUT2D eigenvalue weighted by molar-refractivity contribution is 4.99. The van der Waals surface area contributed by atoms with Crippen LogP contribution in [0.2, 0.25) is 0 Å². The first kappa shape index (κ1) is 11.6. The third-order valence-corrected chi connectivity index (χ3v) is 3.24. The molecule has 2 rings (SSSR count). The Balaban J connectivity index is 1.67. The van der Waals surface area contributed by atoms with Gasteiger partial charge in [0.25, 0.3) is 0 Å². The van der Waals surface area contributed by atoms with Gasteiger partial charge in [-0.2, -0.15) is 5.10 Å². The third-order valence-electron chi connectivity index (χ3n) is 3.24. The Labute approximate surface area is 97.0 Å². The lowest BCUT2D eigenvalue weighted by molar-refractivity contribution is 0.178. The van der Waals surface area contributed by atoms with E-state index in [1.807, 2.05) is 10.9 Å². The van der Waals surface area contributed by atoms with Gasteiger partial charge >= 0.3 is 0 Å². The highest BCUT2D eigenvalue weighted by Crippen LogP contribution is 2.15. The standard InChI is InChI=1S/C12H21N3O/c1-10-7-14-15(8-10)5-4-13-11(2)12-3-6-16-9-12/h7-8,11-13H,3-6,9H2,1-2H3. The molecule has 1 aliphatic rings. The summed E-state index contributed by atoms with van der Waals surface area (Å²) in [6, 6.07) is 0.541. The van der Waals surface area contributed by atoms with Gasteiger partial charge in [-0.3, -0.25) is 4.68 Å². The van der Waals surface area contributed by atoms with E-state index in [-0.39, 0.29) is 0 Å². The van der Waals surface area contributed by atoms with E-state index < -0.39 is 0 Å². The predicted octanol–water partition coefficient (Wildman–Crippen LogP) is 1.21. The van der Waals surface area contributed by atoms with Crippen molar-refractivity contribution in [2.24, 2.45) is 5.92 Å². The van der Waals surface area contributed by atoms with Crippen LogP contribution in [0, 0.1) is 12.8 Å². The average Bonchev–Trinajstić information content (AvgIpc) is 2.89. The van der Waals surface area contributed by atoms with Gasteiger partial charge in [0.2, 0.25) is 0 Å². The first-order valence-corrected chi connectivity index (χ1v) is 6.06. The average molecular weight is 223 g/mol. The molecule has 4 nitrogen and oxygen atoms in total. The summed E-state index contributed by atoms with van der Waals surface area (Å²) in [6.45, 7) is 8.05. The molecule has 1 saturated heterocycles. The SMILES string of the molecule is Cc1cnn(CCNC(C)C2CCOC2)c1. The van der Waals surface area contributed by atoms with Gasteiger partial charge < -0.3 is 10.1 Å². The molecule has 2 unspecified atom stereocenters. The molecule has 0 saturated carbocycles. The van der Waals surface area contributed by atoms with E-state index in [9.17, 15) is 0 Å². The second-order valence-corrected chi connectivity index (χ2v) is 4.65. The summed E-state index contributed by atoms with van der Waals surface area (Å²) < 4.78 is 7.37. The fraction of sp³-hybridized carbons (Fsp3) is 0.750.